The molecule has 0 spiro atoms. The van der Waals surface area contributed by atoms with E-state index in [9.17, 15) is 27.9 Å². The van der Waals surface area contributed by atoms with Crippen LogP contribution in [0.25, 0.3) is 11.3 Å². The van der Waals surface area contributed by atoms with Gasteiger partial charge in [0.25, 0.3) is 5.56 Å². The summed E-state index contributed by atoms with van der Waals surface area (Å²) < 4.78 is 41.8. The maximum Gasteiger partial charge on any atom is 0.411 e. The van der Waals surface area contributed by atoms with Gasteiger partial charge in [0.2, 0.25) is 0 Å². The average Bonchev–Trinajstić information content (AvgIpc) is 2.85. The van der Waals surface area contributed by atoms with Crippen molar-refractivity contribution in [2.45, 2.75) is 6.54 Å². The summed E-state index contributed by atoms with van der Waals surface area (Å²) in [4.78, 5) is 30.1. The second-order valence-corrected chi connectivity index (χ2v) is 8.72. The third-order valence-corrected chi connectivity index (χ3v) is 6.17. The summed E-state index contributed by atoms with van der Waals surface area (Å²) in [6, 6.07) is 10.9. The van der Waals surface area contributed by atoms with Gasteiger partial charge in [-0.05, 0) is 42.9 Å². The number of hydrogen-bond acceptors (Lipinski definition) is 5. The van der Waals surface area contributed by atoms with E-state index in [1.165, 1.54) is 17.0 Å². The van der Waals surface area contributed by atoms with E-state index in [2.05, 4.69) is 21.9 Å². The molecule has 4 rings (SSSR count). The van der Waals surface area contributed by atoms with E-state index in [0.717, 1.165) is 43.0 Å². The van der Waals surface area contributed by atoms with Crippen molar-refractivity contribution in [2.24, 2.45) is 0 Å². The molecule has 1 N–H and O–H groups in total. The molecule has 2 aromatic carbocycles. The maximum atomic E-state index is 13.7. The number of benzene rings is 2. The van der Waals surface area contributed by atoms with Gasteiger partial charge in [0.05, 0.1) is 12.2 Å². The number of carboxylic acid groups (broad SMARTS) is 1. The first-order valence-corrected chi connectivity index (χ1v) is 11.4. The summed E-state index contributed by atoms with van der Waals surface area (Å²) in [5.74, 6) is -4.30. The smallest absolute Gasteiger partial charge is 0.411 e. The first-order chi connectivity index (χ1) is 17.2. The van der Waals surface area contributed by atoms with Crippen LogP contribution >= 0.6 is 0 Å². The molecule has 0 radical (unpaired) electrons. The standard InChI is InChI=1S/C25H26F3N5O3/c1-30-7-9-31(10-8-30)11-12-32(25(35)36)19-4-2-3-17(13-19)16-33-23(34)6-5-22(29-33)18-14-20(26)24(28)21(27)15-18/h2-6,13-15H,7-12,16H2,1H3,(H,35,36). The van der Waals surface area contributed by atoms with E-state index in [1.807, 2.05) is 0 Å². The topological polar surface area (TPSA) is 81.9 Å². The number of anilines is 1. The number of halogens is 3. The van der Waals surface area contributed by atoms with E-state index >= 15 is 0 Å². The number of likely N-dealkylation sites (N-methyl/N-ethyl adjacent to an activating group) is 1. The molecule has 3 aromatic rings. The Bertz CT molecular complexity index is 1290. The Hall–Kier alpha value is -3.70. The number of aromatic nitrogens is 2. The van der Waals surface area contributed by atoms with Gasteiger partial charge in [0.1, 0.15) is 0 Å². The lowest BCUT2D eigenvalue weighted by atomic mass is 10.1. The van der Waals surface area contributed by atoms with Gasteiger partial charge in [-0.3, -0.25) is 14.6 Å². The number of hydrogen-bond donors (Lipinski definition) is 1. The van der Waals surface area contributed by atoms with Crippen LogP contribution < -0.4 is 10.5 Å². The monoisotopic (exact) mass is 501 g/mol. The van der Waals surface area contributed by atoms with E-state index in [0.29, 0.717) is 17.8 Å². The predicted octanol–water partition coefficient (Wildman–Crippen LogP) is 3.11. The van der Waals surface area contributed by atoms with Gasteiger partial charge in [0, 0.05) is 56.6 Å². The molecule has 1 saturated heterocycles. The van der Waals surface area contributed by atoms with Crippen LogP contribution in [0.1, 0.15) is 5.56 Å². The Balaban J connectivity index is 1.53. The zero-order valence-corrected chi connectivity index (χ0v) is 19.7. The number of piperazine rings is 1. The second-order valence-electron chi connectivity index (χ2n) is 8.72. The quantitative estimate of drug-likeness (QED) is 0.501. The maximum absolute atomic E-state index is 13.7. The number of carbonyl (C=O) groups is 1. The Kier molecular flexibility index (Phi) is 7.70. The molecule has 1 aromatic heterocycles. The average molecular weight is 502 g/mol. The van der Waals surface area contributed by atoms with Crippen molar-refractivity contribution in [2.75, 3.05) is 51.2 Å². The minimum Gasteiger partial charge on any atom is -0.465 e. The molecule has 36 heavy (non-hydrogen) atoms. The Labute approximate surface area is 205 Å². The van der Waals surface area contributed by atoms with E-state index in [1.54, 1.807) is 24.3 Å². The van der Waals surface area contributed by atoms with Crippen LogP contribution in [0.3, 0.4) is 0 Å². The third kappa shape index (κ3) is 5.92. The van der Waals surface area contributed by atoms with Crippen LogP contribution in [0, 0.1) is 17.5 Å². The molecule has 8 nitrogen and oxygen atoms in total. The predicted molar refractivity (Wildman–Crippen MR) is 129 cm³/mol. The van der Waals surface area contributed by atoms with Gasteiger partial charge in [-0.1, -0.05) is 12.1 Å². The van der Waals surface area contributed by atoms with Crippen molar-refractivity contribution in [3.8, 4) is 11.3 Å². The SMILES string of the molecule is CN1CCN(CCN(C(=O)O)c2cccc(Cn3nc(-c4cc(F)c(F)c(F)c4)ccc3=O)c2)CC1. The normalized spacial score (nSPS) is 14.7. The van der Waals surface area contributed by atoms with Crippen LogP contribution in [-0.2, 0) is 6.54 Å². The lowest BCUT2D eigenvalue weighted by Gasteiger charge is -2.33. The van der Waals surface area contributed by atoms with Crippen molar-refractivity contribution in [1.29, 1.82) is 0 Å². The van der Waals surface area contributed by atoms with Crippen molar-refractivity contribution in [1.82, 2.24) is 19.6 Å². The molecule has 0 aliphatic carbocycles. The summed E-state index contributed by atoms with van der Waals surface area (Å²) in [5.41, 5.74) is 0.678. The summed E-state index contributed by atoms with van der Waals surface area (Å²) in [6.45, 7) is 4.49. The molecular weight excluding hydrogens is 475 g/mol. The fraction of sp³-hybridized carbons (Fsp3) is 0.320. The molecule has 0 bridgehead atoms. The fourth-order valence-corrected chi connectivity index (χ4v) is 4.06. The highest BCUT2D eigenvalue weighted by molar-refractivity contribution is 5.86. The molecule has 0 atom stereocenters. The Morgan fingerprint density at radius 2 is 1.72 bits per heavy atom. The summed E-state index contributed by atoms with van der Waals surface area (Å²) in [7, 11) is 2.05. The molecule has 11 heteroatoms. The van der Waals surface area contributed by atoms with Crippen LogP contribution in [0.4, 0.5) is 23.7 Å². The lowest BCUT2D eigenvalue weighted by molar-refractivity contribution is 0.155. The largest absolute Gasteiger partial charge is 0.465 e. The molecule has 2 heterocycles. The van der Waals surface area contributed by atoms with Crippen LogP contribution in [0.15, 0.2) is 53.3 Å². The van der Waals surface area contributed by atoms with Gasteiger partial charge in [0.15, 0.2) is 17.5 Å². The van der Waals surface area contributed by atoms with Crippen molar-refractivity contribution in [3.05, 3.63) is 81.9 Å². The van der Waals surface area contributed by atoms with Gasteiger partial charge in [-0.25, -0.2) is 22.6 Å². The number of rotatable bonds is 7. The van der Waals surface area contributed by atoms with Gasteiger partial charge < -0.3 is 10.0 Å². The zero-order valence-electron chi connectivity index (χ0n) is 19.7. The number of nitrogens with zero attached hydrogens (tertiary/aromatic N) is 5. The third-order valence-electron chi connectivity index (χ3n) is 6.17. The van der Waals surface area contributed by atoms with Crippen LogP contribution in [0.2, 0.25) is 0 Å². The highest BCUT2D eigenvalue weighted by Crippen LogP contribution is 2.22. The number of amides is 1. The van der Waals surface area contributed by atoms with Crippen molar-refractivity contribution in [3.63, 3.8) is 0 Å². The molecule has 1 aliphatic rings. The molecule has 1 amide bonds. The van der Waals surface area contributed by atoms with Crippen molar-refractivity contribution < 1.29 is 23.1 Å². The van der Waals surface area contributed by atoms with E-state index in [-0.39, 0.29) is 24.3 Å². The fourth-order valence-electron chi connectivity index (χ4n) is 4.06. The highest BCUT2D eigenvalue weighted by Gasteiger charge is 2.19. The Morgan fingerprint density at radius 1 is 1.03 bits per heavy atom. The molecule has 1 aliphatic heterocycles. The summed E-state index contributed by atoms with van der Waals surface area (Å²) in [6.07, 6.45) is -1.08. The summed E-state index contributed by atoms with van der Waals surface area (Å²) in [5, 5.41) is 14.0. The lowest BCUT2D eigenvalue weighted by Crippen LogP contribution is -2.47. The summed E-state index contributed by atoms with van der Waals surface area (Å²) >= 11 is 0. The zero-order chi connectivity index (χ0) is 25.8. The second kappa shape index (κ2) is 10.9. The first-order valence-electron chi connectivity index (χ1n) is 11.4. The molecule has 0 saturated carbocycles. The first kappa shape index (κ1) is 25.4. The molecule has 190 valence electrons. The van der Waals surface area contributed by atoms with E-state index < -0.39 is 29.1 Å². The van der Waals surface area contributed by atoms with Crippen LogP contribution in [-0.4, -0.2) is 77.1 Å². The minimum atomic E-state index is -1.58. The van der Waals surface area contributed by atoms with Gasteiger partial charge in [-0.15, -0.1) is 0 Å². The highest BCUT2D eigenvalue weighted by atomic mass is 19.2. The molecular formula is C25H26F3N5O3. The molecule has 0 unspecified atom stereocenters. The van der Waals surface area contributed by atoms with Crippen LogP contribution in [0.5, 0.6) is 0 Å². The molecule has 1 fully saturated rings. The Morgan fingerprint density at radius 3 is 2.39 bits per heavy atom. The van der Waals surface area contributed by atoms with E-state index in [4.69, 9.17) is 0 Å². The van der Waals surface area contributed by atoms with Crippen molar-refractivity contribution >= 4 is 11.8 Å². The van der Waals surface area contributed by atoms with Gasteiger partial charge in [-0.2, -0.15) is 5.10 Å². The minimum absolute atomic E-state index is 0.00140. The van der Waals surface area contributed by atoms with Gasteiger partial charge >= 0.3 is 6.09 Å².